The summed E-state index contributed by atoms with van der Waals surface area (Å²) in [6.07, 6.45) is 8.97. The van der Waals surface area contributed by atoms with Crippen LogP contribution in [-0.4, -0.2) is 22.0 Å². The number of rotatable bonds is 6. The Morgan fingerprint density at radius 2 is 2.00 bits per heavy atom. The zero-order valence-corrected chi connectivity index (χ0v) is 11.7. The first-order valence-electron chi connectivity index (χ1n) is 7.20. The number of hydrogen-bond acceptors (Lipinski definition) is 2. The second-order valence-electron chi connectivity index (χ2n) is 5.80. The van der Waals surface area contributed by atoms with E-state index in [4.69, 9.17) is 5.11 Å². The quantitative estimate of drug-likeness (QED) is 0.747. The maximum absolute atomic E-state index is 12.1. The molecule has 5 heteroatoms. The van der Waals surface area contributed by atoms with Crippen molar-refractivity contribution in [1.82, 2.24) is 10.3 Å². The largest absolute Gasteiger partial charge is 0.481 e. The van der Waals surface area contributed by atoms with Gasteiger partial charge in [0.1, 0.15) is 0 Å². The predicted molar refractivity (Wildman–Crippen MR) is 75.0 cm³/mol. The number of amides is 1. The molecule has 5 nitrogen and oxygen atoms in total. The Kier molecular flexibility index (Phi) is 4.82. The van der Waals surface area contributed by atoms with Crippen LogP contribution in [0.5, 0.6) is 0 Å². The molecule has 0 unspecified atom stereocenters. The van der Waals surface area contributed by atoms with Gasteiger partial charge in [0, 0.05) is 25.4 Å². The van der Waals surface area contributed by atoms with Gasteiger partial charge in [-0.15, -0.1) is 0 Å². The van der Waals surface area contributed by atoms with Crippen molar-refractivity contribution in [1.29, 1.82) is 0 Å². The van der Waals surface area contributed by atoms with Crippen molar-refractivity contribution in [2.75, 3.05) is 0 Å². The van der Waals surface area contributed by atoms with Crippen LogP contribution in [0.3, 0.4) is 0 Å². The van der Waals surface area contributed by atoms with Crippen LogP contribution in [0.25, 0.3) is 0 Å². The van der Waals surface area contributed by atoms with E-state index in [0.717, 1.165) is 37.7 Å². The van der Waals surface area contributed by atoms with Crippen LogP contribution < -0.4 is 5.32 Å². The van der Waals surface area contributed by atoms with Crippen LogP contribution in [-0.2, 0) is 16.1 Å². The fourth-order valence-corrected chi connectivity index (χ4v) is 3.11. The molecule has 1 aliphatic carbocycles. The van der Waals surface area contributed by atoms with Crippen molar-refractivity contribution in [2.24, 2.45) is 5.41 Å². The maximum Gasteiger partial charge on any atom is 0.303 e. The van der Waals surface area contributed by atoms with Gasteiger partial charge in [0.2, 0.25) is 5.91 Å². The number of aromatic nitrogens is 1. The van der Waals surface area contributed by atoms with Crippen LogP contribution in [0, 0.1) is 5.41 Å². The van der Waals surface area contributed by atoms with E-state index >= 15 is 0 Å². The molecule has 110 valence electrons. The monoisotopic (exact) mass is 278 g/mol. The molecule has 2 rings (SSSR count). The van der Waals surface area contributed by atoms with Crippen LogP contribution >= 0.6 is 0 Å². The SMILES string of the molecule is O=C(O)CC1(CC(=O)NCc2cc[nH]c2)CCCCC1. The second kappa shape index (κ2) is 6.59. The van der Waals surface area contributed by atoms with Crippen molar-refractivity contribution >= 4 is 11.9 Å². The molecule has 0 spiro atoms. The third-order valence-electron chi connectivity index (χ3n) is 4.13. The summed E-state index contributed by atoms with van der Waals surface area (Å²) in [6, 6.07) is 1.91. The van der Waals surface area contributed by atoms with Crippen molar-refractivity contribution in [3.05, 3.63) is 24.0 Å². The molecule has 1 aromatic rings. The Labute approximate surface area is 118 Å². The molecule has 1 aliphatic rings. The molecule has 0 bridgehead atoms. The van der Waals surface area contributed by atoms with Crippen molar-refractivity contribution in [2.45, 2.75) is 51.5 Å². The number of aromatic amines is 1. The van der Waals surface area contributed by atoms with Gasteiger partial charge in [0.05, 0.1) is 6.42 Å². The van der Waals surface area contributed by atoms with Crippen LogP contribution in [0.15, 0.2) is 18.5 Å². The topological polar surface area (TPSA) is 82.2 Å². The van der Waals surface area contributed by atoms with Gasteiger partial charge in [0.25, 0.3) is 0 Å². The highest BCUT2D eigenvalue weighted by atomic mass is 16.4. The third-order valence-corrected chi connectivity index (χ3v) is 4.13. The molecule has 0 aromatic carbocycles. The number of carbonyl (C=O) groups is 2. The lowest BCUT2D eigenvalue weighted by Gasteiger charge is -2.35. The van der Waals surface area contributed by atoms with Crippen molar-refractivity contribution in [3.8, 4) is 0 Å². The highest BCUT2D eigenvalue weighted by Crippen LogP contribution is 2.42. The Morgan fingerprint density at radius 1 is 1.25 bits per heavy atom. The first-order valence-corrected chi connectivity index (χ1v) is 7.20. The van der Waals surface area contributed by atoms with E-state index in [9.17, 15) is 9.59 Å². The third kappa shape index (κ3) is 4.11. The minimum absolute atomic E-state index is 0.0469. The highest BCUT2D eigenvalue weighted by molar-refractivity contribution is 5.78. The van der Waals surface area contributed by atoms with Gasteiger partial charge in [0.15, 0.2) is 0 Å². The fourth-order valence-electron chi connectivity index (χ4n) is 3.11. The molecule has 1 aromatic heterocycles. The highest BCUT2D eigenvalue weighted by Gasteiger charge is 2.36. The molecule has 3 N–H and O–H groups in total. The van der Waals surface area contributed by atoms with Gasteiger partial charge in [-0.05, 0) is 29.9 Å². The van der Waals surface area contributed by atoms with E-state index < -0.39 is 5.97 Å². The summed E-state index contributed by atoms with van der Waals surface area (Å²) < 4.78 is 0. The zero-order valence-electron chi connectivity index (χ0n) is 11.7. The first kappa shape index (κ1) is 14.6. The molecule has 0 saturated heterocycles. The van der Waals surface area contributed by atoms with Gasteiger partial charge >= 0.3 is 5.97 Å². The van der Waals surface area contributed by atoms with Gasteiger partial charge in [-0.1, -0.05) is 19.3 Å². The normalized spacial score (nSPS) is 17.6. The Balaban J connectivity index is 1.89. The minimum atomic E-state index is -0.801. The average molecular weight is 278 g/mol. The van der Waals surface area contributed by atoms with E-state index in [2.05, 4.69) is 10.3 Å². The molecule has 1 heterocycles. The molecule has 1 saturated carbocycles. The molecule has 0 aliphatic heterocycles. The lowest BCUT2D eigenvalue weighted by molar-refractivity contribution is -0.141. The number of nitrogens with one attached hydrogen (secondary N) is 2. The average Bonchev–Trinajstić information content (AvgIpc) is 2.89. The standard InChI is InChI=1S/C15H22N2O3/c18-13(17-11-12-4-7-16-10-12)8-15(9-14(19)20)5-2-1-3-6-15/h4,7,10,16H,1-3,5-6,8-9,11H2,(H,17,18)(H,19,20). The number of aliphatic carboxylic acids is 1. The van der Waals surface area contributed by atoms with Crippen LogP contribution in [0.2, 0.25) is 0 Å². The summed E-state index contributed by atoms with van der Waals surface area (Å²) in [7, 11) is 0. The number of carboxylic acid groups (broad SMARTS) is 1. The van der Waals surface area contributed by atoms with E-state index in [1.165, 1.54) is 0 Å². The Hall–Kier alpha value is -1.78. The number of H-pyrrole nitrogens is 1. The number of hydrogen-bond donors (Lipinski definition) is 3. The number of carboxylic acids is 1. The number of carbonyl (C=O) groups excluding carboxylic acids is 1. The lowest BCUT2D eigenvalue weighted by atomic mass is 9.69. The van der Waals surface area contributed by atoms with E-state index in [1.807, 2.05) is 18.5 Å². The Bertz CT molecular complexity index is 448. The van der Waals surface area contributed by atoms with Crippen LogP contribution in [0.4, 0.5) is 0 Å². The molecular formula is C15H22N2O3. The van der Waals surface area contributed by atoms with Gasteiger partial charge in [-0.2, -0.15) is 0 Å². The fraction of sp³-hybridized carbons (Fsp3) is 0.600. The zero-order chi connectivity index (χ0) is 14.4. The van der Waals surface area contributed by atoms with Gasteiger partial charge < -0.3 is 15.4 Å². The molecule has 1 amide bonds. The lowest BCUT2D eigenvalue weighted by Crippen LogP contribution is -2.34. The predicted octanol–water partition coefficient (Wildman–Crippen LogP) is 2.45. The minimum Gasteiger partial charge on any atom is -0.481 e. The molecule has 0 atom stereocenters. The molecule has 20 heavy (non-hydrogen) atoms. The van der Waals surface area contributed by atoms with E-state index in [-0.39, 0.29) is 17.7 Å². The molecular weight excluding hydrogens is 256 g/mol. The Morgan fingerprint density at radius 3 is 2.60 bits per heavy atom. The van der Waals surface area contributed by atoms with E-state index in [0.29, 0.717) is 13.0 Å². The summed E-state index contributed by atoms with van der Waals surface area (Å²) in [5.41, 5.74) is 0.682. The van der Waals surface area contributed by atoms with Gasteiger partial charge in [-0.25, -0.2) is 0 Å². The molecule has 0 radical (unpaired) electrons. The van der Waals surface area contributed by atoms with Crippen LogP contribution in [0.1, 0.15) is 50.5 Å². The summed E-state index contributed by atoms with van der Waals surface area (Å²) in [6.45, 7) is 0.492. The summed E-state index contributed by atoms with van der Waals surface area (Å²) in [4.78, 5) is 26.1. The van der Waals surface area contributed by atoms with Crippen molar-refractivity contribution in [3.63, 3.8) is 0 Å². The van der Waals surface area contributed by atoms with Gasteiger partial charge in [-0.3, -0.25) is 9.59 Å². The maximum atomic E-state index is 12.1. The second-order valence-corrected chi connectivity index (χ2v) is 5.80. The van der Waals surface area contributed by atoms with E-state index in [1.54, 1.807) is 0 Å². The molecule has 1 fully saturated rings. The summed E-state index contributed by atoms with van der Waals surface area (Å²) in [5, 5.41) is 12.0. The smallest absolute Gasteiger partial charge is 0.303 e. The first-order chi connectivity index (χ1) is 9.60. The summed E-state index contributed by atoms with van der Waals surface area (Å²) in [5.74, 6) is -0.848. The van der Waals surface area contributed by atoms with Crippen molar-refractivity contribution < 1.29 is 14.7 Å². The summed E-state index contributed by atoms with van der Waals surface area (Å²) >= 11 is 0.